The largest absolute Gasteiger partial charge is 0.507 e. The van der Waals surface area contributed by atoms with Gasteiger partial charge in [-0.3, -0.25) is 4.79 Å². The molecular formula is C27H33N5O2. The summed E-state index contributed by atoms with van der Waals surface area (Å²) in [5.74, 6) is 0.961. The minimum atomic E-state index is -0.0872. The normalized spacial score (nSPS) is 26.0. The number of aryl methyl sites for hydroxylation is 2. The van der Waals surface area contributed by atoms with Gasteiger partial charge in [0.1, 0.15) is 5.75 Å². The van der Waals surface area contributed by atoms with Gasteiger partial charge in [0.15, 0.2) is 5.82 Å². The summed E-state index contributed by atoms with van der Waals surface area (Å²) in [5, 5.41) is 23.6. The fourth-order valence-corrected chi connectivity index (χ4v) is 5.87. The van der Waals surface area contributed by atoms with Crippen LogP contribution < -0.4 is 15.8 Å². The number of phenolic OH excluding ortho intramolecular Hbond substituents is 1. The summed E-state index contributed by atoms with van der Waals surface area (Å²) in [6.45, 7) is 6.63. The van der Waals surface area contributed by atoms with Gasteiger partial charge in [-0.25, -0.2) is 0 Å². The molecule has 3 atom stereocenters. The predicted octanol–water partition coefficient (Wildman–Crippen LogP) is 4.02. The lowest BCUT2D eigenvalue weighted by atomic mass is 9.84. The fourth-order valence-electron chi connectivity index (χ4n) is 5.87. The molecule has 178 valence electrons. The first-order chi connectivity index (χ1) is 16.1. The van der Waals surface area contributed by atoms with Gasteiger partial charge in [-0.1, -0.05) is 0 Å². The van der Waals surface area contributed by atoms with Crippen LogP contribution in [0.5, 0.6) is 5.75 Å². The van der Waals surface area contributed by atoms with Crippen LogP contribution in [0.2, 0.25) is 0 Å². The van der Waals surface area contributed by atoms with Crippen LogP contribution in [0.3, 0.4) is 0 Å². The van der Waals surface area contributed by atoms with Crippen LogP contribution in [0.4, 0.5) is 5.82 Å². The first kappa shape index (κ1) is 22.6. The second-order valence-corrected chi connectivity index (χ2v) is 10.7. The third-order valence-corrected chi connectivity index (χ3v) is 7.80. The van der Waals surface area contributed by atoms with Gasteiger partial charge in [-0.05, 0) is 93.5 Å². The highest BCUT2D eigenvalue weighted by Gasteiger charge is 2.49. The molecule has 7 heteroatoms. The van der Waals surface area contributed by atoms with Crippen molar-refractivity contribution in [2.45, 2.75) is 63.6 Å². The molecular weight excluding hydrogens is 426 g/mol. The molecule has 0 amide bonds. The number of hydrogen-bond donors (Lipinski definition) is 2. The van der Waals surface area contributed by atoms with E-state index < -0.39 is 0 Å². The van der Waals surface area contributed by atoms with Gasteiger partial charge in [-0.2, -0.15) is 0 Å². The predicted molar refractivity (Wildman–Crippen MR) is 135 cm³/mol. The summed E-state index contributed by atoms with van der Waals surface area (Å²) < 4.78 is 1.52. The molecule has 4 heterocycles. The van der Waals surface area contributed by atoms with E-state index in [1.165, 1.54) is 17.4 Å². The van der Waals surface area contributed by atoms with E-state index in [1.807, 2.05) is 31.2 Å². The third-order valence-electron chi connectivity index (χ3n) is 7.80. The molecule has 1 aromatic carbocycles. The Morgan fingerprint density at radius 2 is 1.76 bits per heavy atom. The van der Waals surface area contributed by atoms with Crippen LogP contribution in [0, 0.1) is 6.92 Å². The molecule has 5 rings (SSSR count). The second-order valence-electron chi connectivity index (χ2n) is 10.7. The molecule has 0 radical (unpaired) electrons. The van der Waals surface area contributed by atoms with Gasteiger partial charge in [-0.15, -0.1) is 10.2 Å². The second kappa shape index (κ2) is 7.94. The van der Waals surface area contributed by atoms with Gasteiger partial charge in [0, 0.05) is 49.0 Å². The van der Waals surface area contributed by atoms with Crippen molar-refractivity contribution in [1.29, 1.82) is 0 Å². The van der Waals surface area contributed by atoms with E-state index in [2.05, 4.69) is 41.3 Å². The van der Waals surface area contributed by atoms with Crippen molar-refractivity contribution in [3.05, 3.63) is 58.5 Å². The number of nitrogens with one attached hydrogen (secondary N) is 1. The molecule has 0 aliphatic carbocycles. The third kappa shape index (κ3) is 3.98. The molecule has 34 heavy (non-hydrogen) atoms. The number of anilines is 1. The first-order valence-electron chi connectivity index (χ1n) is 11.9. The summed E-state index contributed by atoms with van der Waals surface area (Å²) in [7, 11) is 3.82. The molecule has 0 unspecified atom stereocenters. The summed E-state index contributed by atoms with van der Waals surface area (Å²) in [6, 6.07) is 11.4. The molecule has 2 aliphatic heterocycles. The van der Waals surface area contributed by atoms with E-state index in [0.29, 0.717) is 17.3 Å². The zero-order valence-corrected chi connectivity index (χ0v) is 20.6. The molecule has 2 aromatic heterocycles. The minimum absolute atomic E-state index is 0.0872. The number of aromatic nitrogens is 3. The van der Waals surface area contributed by atoms with Crippen molar-refractivity contribution in [2.24, 2.45) is 7.05 Å². The summed E-state index contributed by atoms with van der Waals surface area (Å²) in [4.78, 5) is 14.3. The van der Waals surface area contributed by atoms with E-state index in [9.17, 15) is 9.90 Å². The Balaban J connectivity index is 1.40. The molecule has 2 bridgehead atoms. The zero-order chi connectivity index (χ0) is 24.3. The molecule has 2 saturated heterocycles. The van der Waals surface area contributed by atoms with Crippen molar-refractivity contribution in [3.63, 3.8) is 0 Å². The molecule has 3 aromatic rings. The van der Waals surface area contributed by atoms with Crippen LogP contribution in [0.1, 0.15) is 45.1 Å². The number of nitrogens with zero attached hydrogens (tertiary/aromatic N) is 4. The van der Waals surface area contributed by atoms with Crippen LogP contribution >= 0.6 is 0 Å². The van der Waals surface area contributed by atoms with Crippen molar-refractivity contribution in [3.8, 4) is 28.1 Å². The minimum Gasteiger partial charge on any atom is -0.507 e. The van der Waals surface area contributed by atoms with Crippen LogP contribution in [-0.4, -0.2) is 44.0 Å². The van der Waals surface area contributed by atoms with Crippen molar-refractivity contribution in [1.82, 2.24) is 20.1 Å². The van der Waals surface area contributed by atoms with E-state index in [4.69, 9.17) is 0 Å². The number of phenols is 1. The molecule has 2 fully saturated rings. The molecule has 0 saturated carbocycles. The Morgan fingerprint density at radius 3 is 2.38 bits per heavy atom. The summed E-state index contributed by atoms with van der Waals surface area (Å²) in [5.41, 5.74) is 4.10. The number of aromatic hydroxyl groups is 1. The van der Waals surface area contributed by atoms with Crippen molar-refractivity contribution >= 4 is 5.82 Å². The Kier molecular flexibility index (Phi) is 5.28. The maximum absolute atomic E-state index is 12.0. The van der Waals surface area contributed by atoms with E-state index in [0.717, 1.165) is 35.3 Å². The SMILES string of the molecule is Cc1cc(-c2ccc(N(C)[C@H]3C[C@]4(C)CC[C@](C)(C3)N4)nn2)c(O)cc1-c1ccn(C)c(=O)c1. The number of pyridine rings is 1. The topological polar surface area (TPSA) is 83.3 Å². The van der Waals surface area contributed by atoms with E-state index in [-0.39, 0.29) is 22.4 Å². The van der Waals surface area contributed by atoms with Crippen LogP contribution in [-0.2, 0) is 7.05 Å². The maximum atomic E-state index is 12.0. The van der Waals surface area contributed by atoms with Gasteiger partial charge < -0.3 is 19.9 Å². The number of hydrogen-bond acceptors (Lipinski definition) is 6. The van der Waals surface area contributed by atoms with Crippen molar-refractivity contribution in [2.75, 3.05) is 11.9 Å². The molecule has 7 nitrogen and oxygen atoms in total. The highest BCUT2D eigenvalue weighted by atomic mass is 16.3. The van der Waals surface area contributed by atoms with Gasteiger partial charge >= 0.3 is 0 Å². The lowest BCUT2D eigenvalue weighted by Gasteiger charge is -2.45. The highest BCUT2D eigenvalue weighted by molar-refractivity contribution is 5.77. The first-order valence-corrected chi connectivity index (χ1v) is 11.9. The number of fused-ring (bicyclic) bond motifs is 2. The van der Waals surface area contributed by atoms with Crippen molar-refractivity contribution < 1.29 is 5.11 Å². The van der Waals surface area contributed by atoms with Crippen LogP contribution in [0.25, 0.3) is 22.4 Å². The summed E-state index contributed by atoms with van der Waals surface area (Å²) >= 11 is 0. The molecule has 0 spiro atoms. The number of piperidine rings is 1. The average Bonchev–Trinajstić information content (AvgIpc) is 3.03. The molecule has 2 N–H and O–H groups in total. The Hall–Kier alpha value is -3.19. The number of benzene rings is 1. The smallest absolute Gasteiger partial charge is 0.250 e. The lowest BCUT2D eigenvalue weighted by molar-refractivity contribution is 0.207. The average molecular weight is 460 g/mol. The highest BCUT2D eigenvalue weighted by Crippen LogP contribution is 2.44. The fraction of sp³-hybridized carbons (Fsp3) is 0.444. The summed E-state index contributed by atoms with van der Waals surface area (Å²) in [6.07, 6.45) is 6.34. The monoisotopic (exact) mass is 459 g/mol. The van der Waals surface area contributed by atoms with Gasteiger partial charge in [0.05, 0.1) is 5.69 Å². The van der Waals surface area contributed by atoms with Gasteiger partial charge in [0.2, 0.25) is 0 Å². The molecule has 2 aliphatic rings. The van der Waals surface area contributed by atoms with Gasteiger partial charge in [0.25, 0.3) is 5.56 Å². The van der Waals surface area contributed by atoms with E-state index >= 15 is 0 Å². The standard InChI is InChI=1S/C27H33N5O2/c1-17-12-21(23(33)14-20(17)18-8-11-31(4)25(34)13-18)22-6-7-24(29-28-22)32(5)19-15-26(2)9-10-27(3,16-19)30-26/h6-8,11-14,19,30,33H,9-10,15-16H2,1-5H3/t19-,26-,27+. The lowest BCUT2D eigenvalue weighted by Crippen LogP contribution is -2.58. The quantitative estimate of drug-likeness (QED) is 0.613. The van der Waals surface area contributed by atoms with Crippen LogP contribution in [0.15, 0.2) is 47.4 Å². The number of rotatable bonds is 4. The van der Waals surface area contributed by atoms with E-state index in [1.54, 1.807) is 25.4 Å². The Labute approximate surface area is 200 Å². The zero-order valence-electron chi connectivity index (χ0n) is 20.6. The Bertz CT molecular complexity index is 1280. The Morgan fingerprint density at radius 1 is 1.06 bits per heavy atom. The maximum Gasteiger partial charge on any atom is 0.250 e.